The molecule has 62 heavy (non-hydrogen) atoms. The van der Waals surface area contributed by atoms with E-state index in [9.17, 15) is 0 Å². The second kappa shape index (κ2) is 14.6. The molecule has 4 heteroatoms. The molecule has 0 bridgehead atoms. The van der Waals surface area contributed by atoms with Gasteiger partial charge in [-0.25, -0.2) is 9.98 Å². The van der Waals surface area contributed by atoms with Gasteiger partial charge in [-0.1, -0.05) is 188 Å². The summed E-state index contributed by atoms with van der Waals surface area (Å²) < 4.78 is 0. The van der Waals surface area contributed by atoms with Gasteiger partial charge in [0.05, 0.1) is 16.8 Å². The topological polar surface area (TPSA) is 40.0 Å². The number of benzene rings is 9. The Bertz CT molecular complexity index is 3180. The Labute approximate surface area is 361 Å². The summed E-state index contributed by atoms with van der Waals surface area (Å²) in [5, 5.41) is 3.58. The molecule has 1 aliphatic carbocycles. The van der Waals surface area contributed by atoms with Crippen LogP contribution in [0.15, 0.2) is 241 Å². The van der Waals surface area contributed by atoms with Crippen molar-refractivity contribution in [2.24, 2.45) is 9.98 Å². The van der Waals surface area contributed by atoms with Crippen molar-refractivity contribution in [2.45, 2.75) is 11.6 Å². The number of anilines is 3. The first kappa shape index (κ1) is 35.8. The van der Waals surface area contributed by atoms with Gasteiger partial charge in [-0.05, 0) is 104 Å². The number of nitrogens with zero attached hydrogens (tertiary/aromatic N) is 3. The van der Waals surface area contributed by atoms with Crippen LogP contribution in [0.3, 0.4) is 0 Å². The fourth-order valence-electron chi connectivity index (χ4n) is 9.98. The summed E-state index contributed by atoms with van der Waals surface area (Å²) in [5.74, 6) is 1.61. The van der Waals surface area contributed by atoms with Crippen molar-refractivity contribution in [1.82, 2.24) is 5.32 Å². The van der Waals surface area contributed by atoms with Crippen LogP contribution in [-0.4, -0.2) is 11.7 Å². The molecule has 292 valence electrons. The average molecular weight is 793 g/mol. The Morgan fingerprint density at radius 3 is 1.48 bits per heavy atom. The zero-order valence-corrected chi connectivity index (χ0v) is 33.9. The molecule has 0 fully saturated rings. The van der Waals surface area contributed by atoms with Crippen LogP contribution in [0, 0.1) is 0 Å². The number of aliphatic imine (C=N–C) groups is 2. The third kappa shape index (κ3) is 5.68. The lowest BCUT2D eigenvalue weighted by Gasteiger charge is -2.45. The monoisotopic (exact) mass is 792 g/mol. The quantitative estimate of drug-likeness (QED) is 0.182. The van der Waals surface area contributed by atoms with Crippen LogP contribution >= 0.6 is 0 Å². The van der Waals surface area contributed by atoms with Crippen molar-refractivity contribution in [1.29, 1.82) is 0 Å². The van der Waals surface area contributed by atoms with Crippen LogP contribution in [0.1, 0.15) is 45.1 Å². The molecule has 0 aromatic heterocycles. The van der Waals surface area contributed by atoms with Crippen LogP contribution in [0.5, 0.6) is 0 Å². The minimum Gasteiger partial charge on any atom is -0.324 e. The van der Waals surface area contributed by atoms with Gasteiger partial charge in [-0.15, -0.1) is 0 Å². The van der Waals surface area contributed by atoms with Crippen molar-refractivity contribution >= 4 is 28.7 Å². The van der Waals surface area contributed by atoms with E-state index >= 15 is 0 Å². The highest BCUT2D eigenvalue weighted by molar-refractivity contribution is 6.16. The van der Waals surface area contributed by atoms with E-state index in [2.05, 4.69) is 204 Å². The molecule has 0 saturated carbocycles. The van der Waals surface area contributed by atoms with Crippen molar-refractivity contribution in [3.8, 4) is 33.4 Å². The lowest BCUT2D eigenvalue weighted by molar-refractivity contribution is 0.753. The van der Waals surface area contributed by atoms with Crippen LogP contribution in [-0.2, 0) is 5.41 Å². The molecule has 9 aromatic carbocycles. The van der Waals surface area contributed by atoms with E-state index < -0.39 is 5.41 Å². The third-order valence-corrected chi connectivity index (χ3v) is 12.7. The van der Waals surface area contributed by atoms with Crippen LogP contribution in [0.25, 0.3) is 33.4 Å². The normalized spacial score (nSPS) is 15.4. The van der Waals surface area contributed by atoms with Gasteiger partial charge in [0.1, 0.15) is 11.7 Å². The smallest absolute Gasteiger partial charge is 0.169 e. The lowest BCUT2D eigenvalue weighted by atomic mass is 9.64. The molecule has 0 amide bonds. The van der Waals surface area contributed by atoms with Crippen LogP contribution in [0.4, 0.5) is 17.1 Å². The predicted octanol–water partition coefficient (Wildman–Crippen LogP) is 13.7. The van der Waals surface area contributed by atoms with Gasteiger partial charge < -0.3 is 10.2 Å². The summed E-state index contributed by atoms with van der Waals surface area (Å²) in [6.07, 6.45) is -0.353. The molecule has 4 nitrogen and oxygen atoms in total. The molecule has 1 unspecified atom stereocenters. The Balaban J connectivity index is 0.967. The second-order valence-electron chi connectivity index (χ2n) is 16.2. The largest absolute Gasteiger partial charge is 0.324 e. The van der Waals surface area contributed by atoms with Crippen molar-refractivity contribution in [3.63, 3.8) is 0 Å². The molecule has 12 rings (SSSR count). The van der Waals surface area contributed by atoms with E-state index in [0.717, 1.165) is 45.2 Å². The first-order chi connectivity index (χ1) is 30.7. The molecule has 0 saturated heterocycles. The van der Waals surface area contributed by atoms with Gasteiger partial charge in [0.25, 0.3) is 0 Å². The molecule has 1 spiro atoms. The number of para-hydroxylation sites is 3. The predicted molar refractivity (Wildman–Crippen MR) is 255 cm³/mol. The van der Waals surface area contributed by atoms with Gasteiger partial charge in [0.15, 0.2) is 6.17 Å². The zero-order chi connectivity index (χ0) is 41.0. The Hall–Kier alpha value is -8.08. The van der Waals surface area contributed by atoms with E-state index in [1.165, 1.54) is 55.9 Å². The first-order valence-electron chi connectivity index (χ1n) is 21.3. The van der Waals surface area contributed by atoms with E-state index in [-0.39, 0.29) is 6.17 Å². The van der Waals surface area contributed by atoms with E-state index in [0.29, 0.717) is 0 Å². The summed E-state index contributed by atoms with van der Waals surface area (Å²) in [5.41, 5.74) is 18.5. The Kier molecular flexibility index (Phi) is 8.42. The summed E-state index contributed by atoms with van der Waals surface area (Å²) in [6, 6.07) is 83.1. The van der Waals surface area contributed by atoms with Crippen molar-refractivity contribution in [2.75, 3.05) is 4.90 Å². The molecule has 2 aliphatic heterocycles. The molecule has 2 heterocycles. The summed E-state index contributed by atoms with van der Waals surface area (Å²) in [6.45, 7) is 0. The average Bonchev–Trinajstić information content (AvgIpc) is 3.65. The summed E-state index contributed by atoms with van der Waals surface area (Å²) in [7, 11) is 0. The molecular weight excluding hydrogens is 753 g/mol. The van der Waals surface area contributed by atoms with Gasteiger partial charge in [-0.3, -0.25) is 0 Å². The zero-order valence-electron chi connectivity index (χ0n) is 33.9. The molecule has 1 N–H and O–H groups in total. The molecule has 1 atom stereocenters. The fourth-order valence-corrected chi connectivity index (χ4v) is 9.98. The number of nitrogens with one attached hydrogen (secondary N) is 1. The highest BCUT2D eigenvalue weighted by atomic mass is 15.2. The highest BCUT2D eigenvalue weighted by Crippen LogP contribution is 2.63. The van der Waals surface area contributed by atoms with Crippen molar-refractivity contribution < 1.29 is 0 Å². The SMILES string of the molecule is c1ccc(C2=NC(c3ccccc3)N=C(c3cccc(-c4cccc(-c5ccc6c(c5)C5(c7ccccc7-6)c6ccccc6N(c6ccccc6)c6ccccc65)c4)c3)N2)cc1. The Morgan fingerprint density at radius 2 is 0.823 bits per heavy atom. The van der Waals surface area contributed by atoms with Gasteiger partial charge in [-0.2, -0.15) is 0 Å². The van der Waals surface area contributed by atoms with E-state index in [1.54, 1.807) is 0 Å². The number of hydrogen-bond acceptors (Lipinski definition) is 4. The van der Waals surface area contributed by atoms with Crippen LogP contribution < -0.4 is 10.2 Å². The molecule has 9 aromatic rings. The Morgan fingerprint density at radius 1 is 0.355 bits per heavy atom. The number of amidine groups is 2. The number of hydrogen-bond donors (Lipinski definition) is 1. The fraction of sp³-hybridized carbons (Fsp3) is 0.0345. The minimum absolute atomic E-state index is 0.353. The van der Waals surface area contributed by atoms with Gasteiger partial charge in [0.2, 0.25) is 0 Å². The van der Waals surface area contributed by atoms with E-state index in [1.807, 2.05) is 36.4 Å². The van der Waals surface area contributed by atoms with E-state index in [4.69, 9.17) is 9.98 Å². The van der Waals surface area contributed by atoms with Crippen molar-refractivity contribution in [3.05, 3.63) is 269 Å². The standard InChI is InChI=1S/C58H40N4/c1-4-18-39(19-5-1)55-59-56(40-20-6-2-7-21-40)61-57(60-55)45-25-17-24-43(37-45)41-22-16-23-42(36-41)44-34-35-48-47-28-10-11-29-49(47)58(52(48)38-44)50-30-12-14-32-53(50)62(46-26-8-3-9-27-46)54-33-15-13-31-51(54)58/h1-38,55H,(H,59,60,61). The first-order valence-corrected chi connectivity index (χ1v) is 21.3. The van der Waals surface area contributed by atoms with Gasteiger partial charge in [0, 0.05) is 16.8 Å². The maximum atomic E-state index is 5.16. The molecule has 0 radical (unpaired) electrons. The molecule has 3 aliphatic rings. The maximum absolute atomic E-state index is 5.16. The lowest BCUT2D eigenvalue weighted by Crippen LogP contribution is -2.36. The van der Waals surface area contributed by atoms with Crippen LogP contribution in [0.2, 0.25) is 0 Å². The van der Waals surface area contributed by atoms with Gasteiger partial charge >= 0.3 is 0 Å². The maximum Gasteiger partial charge on any atom is 0.169 e. The number of fused-ring (bicyclic) bond motifs is 9. The summed E-state index contributed by atoms with van der Waals surface area (Å²) in [4.78, 5) is 12.6. The third-order valence-electron chi connectivity index (χ3n) is 12.7. The highest BCUT2D eigenvalue weighted by Gasteiger charge is 2.51. The minimum atomic E-state index is -0.514. The molecular formula is C58H40N4. The summed E-state index contributed by atoms with van der Waals surface area (Å²) >= 11 is 0. The second-order valence-corrected chi connectivity index (χ2v) is 16.2. The number of rotatable bonds is 6.